The second-order valence-corrected chi connectivity index (χ2v) is 8.79. The molecule has 0 unspecified atom stereocenters. The lowest BCUT2D eigenvalue weighted by molar-refractivity contribution is -0.113. The first-order valence-electron chi connectivity index (χ1n) is 10.9. The highest BCUT2D eigenvalue weighted by Crippen LogP contribution is 2.32. The SMILES string of the molecule is CCOc1ccc(/C=C2\SC(N3CCN(c4cccc5ccccc45)CC3)=NC2=O)cc1. The Morgan fingerprint density at radius 2 is 1.66 bits per heavy atom. The molecule has 2 aliphatic heterocycles. The standard InChI is InChI=1S/C26H25N3O2S/c1-2-31-21-12-10-19(11-13-21)18-24-25(30)27-26(32-24)29-16-14-28(15-17-29)23-9-5-7-20-6-3-4-8-22(20)23/h3-13,18H,2,14-17H2,1H3/b24-18-. The first-order chi connectivity index (χ1) is 15.7. The highest BCUT2D eigenvalue weighted by molar-refractivity contribution is 8.18. The van der Waals surface area contributed by atoms with Gasteiger partial charge in [-0.25, -0.2) is 0 Å². The maximum absolute atomic E-state index is 12.5. The summed E-state index contributed by atoms with van der Waals surface area (Å²) < 4.78 is 5.49. The number of anilines is 1. The van der Waals surface area contributed by atoms with Crippen molar-refractivity contribution in [3.05, 3.63) is 77.2 Å². The first kappa shape index (κ1) is 20.6. The molecular weight excluding hydrogens is 418 g/mol. The molecule has 162 valence electrons. The number of piperazine rings is 1. The summed E-state index contributed by atoms with van der Waals surface area (Å²) in [4.78, 5) is 22.2. The molecule has 1 saturated heterocycles. The summed E-state index contributed by atoms with van der Waals surface area (Å²) in [7, 11) is 0. The summed E-state index contributed by atoms with van der Waals surface area (Å²) >= 11 is 1.47. The number of carbonyl (C=O) groups is 1. The lowest BCUT2D eigenvalue weighted by Crippen LogP contribution is -2.47. The first-order valence-corrected chi connectivity index (χ1v) is 11.8. The number of amides is 1. The number of benzene rings is 3. The monoisotopic (exact) mass is 443 g/mol. The maximum Gasteiger partial charge on any atom is 0.286 e. The summed E-state index contributed by atoms with van der Waals surface area (Å²) in [6, 6.07) is 22.8. The van der Waals surface area contributed by atoms with Gasteiger partial charge in [-0.15, -0.1) is 0 Å². The zero-order chi connectivity index (χ0) is 21.9. The molecule has 3 aromatic carbocycles. The predicted octanol–water partition coefficient (Wildman–Crippen LogP) is 5.03. The van der Waals surface area contributed by atoms with Crippen LogP contribution in [0.15, 0.2) is 76.6 Å². The van der Waals surface area contributed by atoms with Crippen LogP contribution < -0.4 is 9.64 Å². The van der Waals surface area contributed by atoms with Gasteiger partial charge in [0, 0.05) is 37.3 Å². The molecule has 5 nitrogen and oxygen atoms in total. The topological polar surface area (TPSA) is 45.1 Å². The average molecular weight is 444 g/mol. The van der Waals surface area contributed by atoms with E-state index in [9.17, 15) is 4.79 Å². The second kappa shape index (κ2) is 9.09. The number of nitrogens with zero attached hydrogens (tertiary/aromatic N) is 3. The van der Waals surface area contributed by atoms with Gasteiger partial charge in [0.25, 0.3) is 5.91 Å². The van der Waals surface area contributed by atoms with Crippen molar-refractivity contribution in [2.75, 3.05) is 37.7 Å². The highest BCUT2D eigenvalue weighted by Gasteiger charge is 2.28. The normalized spacial score (nSPS) is 17.8. The maximum atomic E-state index is 12.5. The Hall–Kier alpha value is -3.25. The van der Waals surface area contributed by atoms with Crippen molar-refractivity contribution in [3.8, 4) is 5.75 Å². The van der Waals surface area contributed by atoms with Crippen molar-refractivity contribution >= 4 is 45.4 Å². The van der Waals surface area contributed by atoms with Crippen molar-refractivity contribution in [3.63, 3.8) is 0 Å². The van der Waals surface area contributed by atoms with Crippen molar-refractivity contribution in [1.29, 1.82) is 0 Å². The molecule has 0 radical (unpaired) electrons. The molecular formula is C26H25N3O2S. The number of amidine groups is 1. The molecule has 0 spiro atoms. The van der Waals surface area contributed by atoms with Crippen LogP contribution in [-0.4, -0.2) is 48.8 Å². The molecule has 5 rings (SSSR count). The van der Waals surface area contributed by atoms with Gasteiger partial charge in [-0.1, -0.05) is 48.5 Å². The van der Waals surface area contributed by atoms with Crippen molar-refractivity contribution in [2.24, 2.45) is 4.99 Å². The highest BCUT2D eigenvalue weighted by atomic mass is 32.2. The number of thioether (sulfide) groups is 1. The van der Waals surface area contributed by atoms with Gasteiger partial charge >= 0.3 is 0 Å². The summed E-state index contributed by atoms with van der Waals surface area (Å²) in [5.41, 5.74) is 2.25. The van der Waals surface area contributed by atoms with E-state index in [-0.39, 0.29) is 5.91 Å². The van der Waals surface area contributed by atoms with Crippen molar-refractivity contribution < 1.29 is 9.53 Å². The lowest BCUT2D eigenvalue weighted by atomic mass is 10.1. The second-order valence-electron chi connectivity index (χ2n) is 7.78. The number of hydrogen-bond donors (Lipinski definition) is 0. The summed E-state index contributed by atoms with van der Waals surface area (Å²) in [5, 5.41) is 3.36. The van der Waals surface area contributed by atoms with Gasteiger partial charge in [-0.05, 0) is 53.9 Å². The minimum atomic E-state index is -0.157. The molecule has 2 aliphatic rings. The average Bonchev–Trinajstić information content (AvgIpc) is 3.20. The van der Waals surface area contributed by atoms with Gasteiger partial charge in [-0.3, -0.25) is 4.79 Å². The van der Waals surface area contributed by atoms with Gasteiger partial charge in [0.05, 0.1) is 11.5 Å². The van der Waals surface area contributed by atoms with Gasteiger partial charge < -0.3 is 14.5 Å². The van der Waals surface area contributed by atoms with Crippen LogP contribution in [0.3, 0.4) is 0 Å². The number of carbonyl (C=O) groups excluding carboxylic acids is 1. The molecule has 0 aliphatic carbocycles. The zero-order valence-electron chi connectivity index (χ0n) is 18.0. The molecule has 32 heavy (non-hydrogen) atoms. The fraction of sp³-hybridized carbons (Fsp3) is 0.231. The molecule has 0 saturated carbocycles. The molecule has 0 aromatic heterocycles. The molecule has 1 amide bonds. The number of aliphatic imine (C=N–C) groups is 1. The Morgan fingerprint density at radius 1 is 0.938 bits per heavy atom. The van der Waals surface area contributed by atoms with E-state index in [1.807, 2.05) is 37.3 Å². The van der Waals surface area contributed by atoms with Gasteiger partial charge in [0.2, 0.25) is 0 Å². The van der Waals surface area contributed by atoms with Gasteiger partial charge in [0.15, 0.2) is 5.17 Å². The van der Waals surface area contributed by atoms with Crippen LogP contribution in [-0.2, 0) is 4.79 Å². The van der Waals surface area contributed by atoms with Crippen molar-refractivity contribution in [1.82, 2.24) is 4.90 Å². The fourth-order valence-electron chi connectivity index (χ4n) is 4.13. The number of ether oxygens (including phenoxy) is 1. The molecule has 2 heterocycles. The fourth-order valence-corrected chi connectivity index (χ4v) is 5.10. The molecule has 3 aromatic rings. The Morgan fingerprint density at radius 3 is 2.44 bits per heavy atom. The third-order valence-corrected chi connectivity index (χ3v) is 6.80. The molecule has 0 N–H and O–H groups in total. The van der Waals surface area contributed by atoms with E-state index < -0.39 is 0 Å². The summed E-state index contributed by atoms with van der Waals surface area (Å²) in [6.07, 6.45) is 1.91. The third kappa shape index (κ3) is 4.23. The van der Waals surface area contributed by atoms with Crippen LogP contribution in [0.4, 0.5) is 5.69 Å². The van der Waals surface area contributed by atoms with Crippen molar-refractivity contribution in [2.45, 2.75) is 6.92 Å². The predicted molar refractivity (Wildman–Crippen MR) is 133 cm³/mol. The number of rotatable bonds is 4. The zero-order valence-corrected chi connectivity index (χ0v) is 18.8. The van der Waals surface area contributed by atoms with E-state index in [4.69, 9.17) is 4.74 Å². The van der Waals surface area contributed by atoms with Crippen LogP contribution in [0.25, 0.3) is 16.8 Å². The van der Waals surface area contributed by atoms with E-state index in [1.54, 1.807) is 0 Å². The van der Waals surface area contributed by atoms with Crippen LogP contribution in [0.5, 0.6) is 5.75 Å². The minimum absolute atomic E-state index is 0.157. The van der Waals surface area contributed by atoms with Crippen LogP contribution in [0.2, 0.25) is 0 Å². The lowest BCUT2D eigenvalue weighted by Gasteiger charge is -2.37. The molecule has 1 fully saturated rings. The van der Waals surface area contributed by atoms with E-state index in [0.717, 1.165) is 42.7 Å². The molecule has 0 bridgehead atoms. The Kier molecular flexibility index (Phi) is 5.86. The van der Waals surface area contributed by atoms with Gasteiger partial charge in [0.1, 0.15) is 5.75 Å². The summed E-state index contributed by atoms with van der Waals surface area (Å²) in [6.45, 7) is 6.10. The van der Waals surface area contributed by atoms with Gasteiger partial charge in [-0.2, -0.15) is 4.99 Å². The smallest absolute Gasteiger partial charge is 0.286 e. The van der Waals surface area contributed by atoms with Crippen LogP contribution in [0, 0.1) is 0 Å². The largest absolute Gasteiger partial charge is 0.494 e. The Bertz CT molecular complexity index is 1190. The number of hydrogen-bond acceptors (Lipinski definition) is 5. The Balaban J connectivity index is 1.24. The number of fused-ring (bicyclic) bond motifs is 1. The minimum Gasteiger partial charge on any atom is -0.494 e. The van der Waals surface area contributed by atoms with Crippen LogP contribution in [0.1, 0.15) is 12.5 Å². The van der Waals surface area contributed by atoms with E-state index >= 15 is 0 Å². The van der Waals surface area contributed by atoms with E-state index in [0.29, 0.717) is 11.5 Å². The summed E-state index contributed by atoms with van der Waals surface area (Å²) in [5.74, 6) is 0.677. The van der Waals surface area contributed by atoms with E-state index in [1.165, 1.54) is 28.2 Å². The van der Waals surface area contributed by atoms with E-state index in [2.05, 4.69) is 57.3 Å². The van der Waals surface area contributed by atoms with Crippen LogP contribution >= 0.6 is 11.8 Å². The third-order valence-electron chi connectivity index (χ3n) is 5.76. The molecule has 6 heteroatoms. The Labute approximate surface area is 192 Å². The quantitative estimate of drug-likeness (QED) is 0.529. The molecule has 0 atom stereocenters.